The van der Waals surface area contributed by atoms with Crippen LogP contribution < -0.4 is 33.0 Å². The van der Waals surface area contributed by atoms with E-state index in [1.807, 2.05) is 39.0 Å². The number of carbonyl (C=O) groups is 2. The molecule has 3 aromatic rings. The van der Waals surface area contributed by atoms with Gasteiger partial charge in [0.1, 0.15) is 11.3 Å². The zero-order chi connectivity index (χ0) is 26.6. The summed E-state index contributed by atoms with van der Waals surface area (Å²) in [5.41, 5.74) is 27.8. The predicted octanol–water partition coefficient (Wildman–Crippen LogP) is 3.36. The summed E-state index contributed by atoms with van der Waals surface area (Å²) >= 11 is 1.26. The van der Waals surface area contributed by atoms with Gasteiger partial charge in [-0.2, -0.15) is 0 Å². The molecule has 0 bridgehead atoms. The molecular formula is C28H35N5O3S. The van der Waals surface area contributed by atoms with Crippen LogP contribution in [0.4, 0.5) is 5.69 Å². The highest BCUT2D eigenvalue weighted by molar-refractivity contribution is 7.21. The van der Waals surface area contributed by atoms with Crippen LogP contribution in [0.15, 0.2) is 30.3 Å². The minimum absolute atomic E-state index is 0.0136. The number of aryl methyl sites for hydroxylation is 1. The summed E-state index contributed by atoms with van der Waals surface area (Å²) in [5.74, 6) is 0.0579. The summed E-state index contributed by atoms with van der Waals surface area (Å²) in [6.07, 6.45) is 3.79. The first-order valence-corrected chi connectivity index (χ1v) is 13.6. The minimum atomic E-state index is -1.50. The lowest BCUT2D eigenvalue weighted by Gasteiger charge is -2.37. The molecule has 4 atom stereocenters. The molecule has 196 valence electrons. The lowest BCUT2D eigenvalue weighted by atomic mass is 9.69. The number of rotatable bonds is 5. The van der Waals surface area contributed by atoms with Crippen LogP contribution in [-0.2, 0) is 10.3 Å². The van der Waals surface area contributed by atoms with Crippen molar-refractivity contribution < 1.29 is 14.3 Å². The first kappa shape index (κ1) is 25.7. The van der Waals surface area contributed by atoms with Gasteiger partial charge in [0.05, 0.1) is 21.7 Å². The van der Waals surface area contributed by atoms with Crippen molar-refractivity contribution in [1.82, 2.24) is 5.32 Å². The molecule has 2 aromatic carbocycles. The molecule has 5 rings (SSSR count). The van der Waals surface area contributed by atoms with Gasteiger partial charge in [-0.3, -0.25) is 9.59 Å². The van der Waals surface area contributed by atoms with Crippen LogP contribution in [0.5, 0.6) is 5.75 Å². The second-order valence-corrected chi connectivity index (χ2v) is 11.6. The summed E-state index contributed by atoms with van der Waals surface area (Å²) in [6.45, 7) is 5.81. The number of thiophene rings is 1. The van der Waals surface area contributed by atoms with Crippen molar-refractivity contribution in [3.8, 4) is 5.75 Å². The maximum atomic E-state index is 14.0. The SMILES string of the molecule is Cc1cc(OC(C)C)ccc1C1(N)C(=O)C(N)c2c(C(=O)N[C@@H]3CCCC[C@@H]3N)sc3c(N)ccc1c23. The Bertz CT molecular complexity index is 1400. The molecule has 0 aliphatic heterocycles. The number of carbonyl (C=O) groups excluding carboxylic acids is 2. The van der Waals surface area contributed by atoms with E-state index >= 15 is 0 Å². The van der Waals surface area contributed by atoms with Crippen LogP contribution >= 0.6 is 11.3 Å². The number of nitrogens with one attached hydrogen (secondary N) is 1. The van der Waals surface area contributed by atoms with Gasteiger partial charge in [0, 0.05) is 28.7 Å². The molecule has 2 aliphatic carbocycles. The Morgan fingerprint density at radius 1 is 1.14 bits per heavy atom. The number of amides is 1. The number of ether oxygens (including phenoxy) is 1. The van der Waals surface area contributed by atoms with Crippen molar-refractivity contribution >= 4 is 38.8 Å². The third kappa shape index (κ3) is 4.10. The third-order valence-corrected chi connectivity index (χ3v) is 8.90. The lowest BCUT2D eigenvalue weighted by molar-refractivity contribution is -0.124. The van der Waals surface area contributed by atoms with Gasteiger partial charge in [0.15, 0.2) is 5.78 Å². The monoisotopic (exact) mass is 521 g/mol. The molecule has 9 heteroatoms. The molecular weight excluding hydrogens is 486 g/mol. The highest BCUT2D eigenvalue weighted by atomic mass is 32.1. The normalized spacial score (nSPS) is 25.5. The topological polar surface area (TPSA) is 159 Å². The van der Waals surface area contributed by atoms with E-state index in [1.165, 1.54) is 11.3 Å². The summed E-state index contributed by atoms with van der Waals surface area (Å²) in [6, 6.07) is 7.76. The maximum absolute atomic E-state index is 14.0. The van der Waals surface area contributed by atoms with Crippen molar-refractivity contribution in [1.29, 1.82) is 0 Å². The number of anilines is 1. The highest BCUT2D eigenvalue weighted by Crippen LogP contribution is 2.50. The second kappa shape index (κ2) is 9.40. The molecule has 1 saturated carbocycles. The first-order chi connectivity index (χ1) is 17.5. The van der Waals surface area contributed by atoms with Crippen LogP contribution in [0.3, 0.4) is 0 Å². The molecule has 1 aromatic heterocycles. The Morgan fingerprint density at radius 2 is 1.84 bits per heavy atom. The van der Waals surface area contributed by atoms with Crippen molar-refractivity contribution in [2.75, 3.05) is 5.73 Å². The molecule has 0 saturated heterocycles. The second-order valence-electron chi connectivity index (χ2n) is 10.6. The Morgan fingerprint density at radius 3 is 2.51 bits per heavy atom. The van der Waals surface area contributed by atoms with Crippen molar-refractivity contribution in [2.45, 2.75) is 76.2 Å². The summed E-state index contributed by atoms with van der Waals surface area (Å²) in [4.78, 5) is 27.9. The minimum Gasteiger partial charge on any atom is -0.491 e. The number of ketones is 1. The van der Waals surface area contributed by atoms with E-state index in [1.54, 1.807) is 12.1 Å². The molecule has 1 amide bonds. The zero-order valence-electron chi connectivity index (χ0n) is 21.5. The molecule has 2 aliphatic rings. The number of nitrogen functional groups attached to an aromatic ring is 1. The van der Waals surface area contributed by atoms with Crippen LogP contribution in [-0.4, -0.2) is 29.9 Å². The Kier molecular flexibility index (Phi) is 6.52. The molecule has 1 heterocycles. The van der Waals surface area contributed by atoms with Crippen LogP contribution in [0.1, 0.15) is 77.5 Å². The Balaban J connectivity index is 1.65. The number of hydrogen-bond donors (Lipinski definition) is 5. The van der Waals surface area contributed by atoms with Crippen LogP contribution in [0.25, 0.3) is 10.1 Å². The van der Waals surface area contributed by atoms with Gasteiger partial charge in [0.2, 0.25) is 0 Å². The zero-order valence-corrected chi connectivity index (χ0v) is 22.3. The fraction of sp³-hybridized carbons (Fsp3) is 0.429. The van der Waals surface area contributed by atoms with Crippen molar-refractivity contribution in [3.63, 3.8) is 0 Å². The van der Waals surface area contributed by atoms with E-state index in [4.69, 9.17) is 27.7 Å². The van der Waals surface area contributed by atoms with Gasteiger partial charge >= 0.3 is 0 Å². The van der Waals surface area contributed by atoms with E-state index in [0.717, 1.165) is 31.2 Å². The summed E-state index contributed by atoms with van der Waals surface area (Å²) in [5, 5.41) is 3.79. The van der Waals surface area contributed by atoms with Gasteiger partial charge in [-0.25, -0.2) is 0 Å². The third-order valence-electron chi connectivity index (χ3n) is 7.65. The van der Waals surface area contributed by atoms with E-state index in [2.05, 4.69) is 5.32 Å². The highest BCUT2D eigenvalue weighted by Gasteiger charge is 2.49. The number of hydrogen-bond acceptors (Lipinski definition) is 8. The number of Topliss-reactive ketones (excluding diaryl/α,β-unsaturated/α-hetero) is 1. The average Bonchev–Trinajstić information content (AvgIpc) is 3.25. The molecule has 8 nitrogen and oxygen atoms in total. The van der Waals surface area contributed by atoms with Crippen LogP contribution in [0, 0.1) is 6.92 Å². The van der Waals surface area contributed by atoms with Gasteiger partial charge in [0.25, 0.3) is 5.91 Å². The lowest BCUT2D eigenvalue weighted by Crippen LogP contribution is -2.53. The Labute approximate surface area is 220 Å². The standard InChI is InChI=1S/C28H35N5O3S/c1-13(2)36-15-8-9-16(14(3)12-15)28(32)17-10-11-19(30)24-21(17)22(23(31)26(28)34)25(37-24)27(35)33-20-7-5-4-6-18(20)29/h8-13,18,20,23H,4-7,29-32H2,1-3H3,(H,33,35)/t18-,20+,23?,28?/m0/s1. The quantitative estimate of drug-likeness (QED) is 0.322. The molecule has 0 radical (unpaired) electrons. The van der Waals surface area contributed by atoms with E-state index in [0.29, 0.717) is 43.1 Å². The van der Waals surface area contributed by atoms with Gasteiger partial charge in [-0.1, -0.05) is 25.0 Å². The van der Waals surface area contributed by atoms with Crippen molar-refractivity contribution in [3.05, 3.63) is 57.5 Å². The van der Waals surface area contributed by atoms with E-state index in [-0.39, 0.29) is 29.9 Å². The predicted molar refractivity (Wildman–Crippen MR) is 148 cm³/mol. The summed E-state index contributed by atoms with van der Waals surface area (Å²) < 4.78 is 6.54. The van der Waals surface area contributed by atoms with Gasteiger partial charge in [-0.15, -0.1) is 11.3 Å². The average molecular weight is 522 g/mol. The fourth-order valence-electron chi connectivity index (χ4n) is 5.82. The van der Waals surface area contributed by atoms with E-state index in [9.17, 15) is 9.59 Å². The smallest absolute Gasteiger partial charge is 0.262 e. The fourth-order valence-corrected chi connectivity index (χ4v) is 7.03. The Hall–Kier alpha value is -2.98. The number of benzene rings is 2. The first-order valence-electron chi connectivity index (χ1n) is 12.8. The largest absolute Gasteiger partial charge is 0.491 e. The number of nitrogens with two attached hydrogens (primary N) is 4. The molecule has 9 N–H and O–H groups in total. The van der Waals surface area contributed by atoms with Gasteiger partial charge < -0.3 is 33.0 Å². The maximum Gasteiger partial charge on any atom is 0.262 e. The molecule has 2 unspecified atom stereocenters. The van der Waals surface area contributed by atoms with E-state index < -0.39 is 11.6 Å². The summed E-state index contributed by atoms with van der Waals surface area (Å²) in [7, 11) is 0. The van der Waals surface area contributed by atoms with Gasteiger partial charge in [-0.05, 0) is 68.5 Å². The van der Waals surface area contributed by atoms with Crippen molar-refractivity contribution in [2.24, 2.45) is 17.2 Å². The van der Waals surface area contributed by atoms with Crippen LogP contribution in [0.2, 0.25) is 0 Å². The molecule has 1 fully saturated rings. The molecule has 0 spiro atoms. The molecule has 37 heavy (non-hydrogen) atoms.